The summed E-state index contributed by atoms with van der Waals surface area (Å²) < 4.78 is 4.98. The van der Waals surface area contributed by atoms with Crippen LogP contribution in [0.15, 0.2) is 0 Å². The number of nitrogens with zero attached hydrogens (tertiary/aromatic N) is 2. The second-order valence-corrected chi connectivity index (χ2v) is 13.9. The molecule has 0 aliphatic heterocycles. The van der Waals surface area contributed by atoms with Gasteiger partial charge in [-0.05, 0) is 64.2 Å². The summed E-state index contributed by atoms with van der Waals surface area (Å²) in [7, 11) is 6.48. The third-order valence-corrected chi connectivity index (χ3v) is 8.59. The van der Waals surface area contributed by atoms with Crippen molar-refractivity contribution in [2.75, 3.05) is 32.9 Å². The maximum atomic E-state index is 12.6. The van der Waals surface area contributed by atoms with Crippen molar-refractivity contribution in [3.05, 3.63) is 0 Å². The van der Waals surface area contributed by atoms with E-state index in [4.69, 9.17) is 4.74 Å². The summed E-state index contributed by atoms with van der Waals surface area (Å²) in [6.07, 6.45) is 9.02. The molecule has 220 valence electrons. The summed E-state index contributed by atoms with van der Waals surface area (Å²) in [6.45, 7) is 17.4. The van der Waals surface area contributed by atoms with E-state index in [1.54, 1.807) is 33.3 Å². The minimum Gasteiger partial charge on any atom is -0.390 e. The molecule has 0 aliphatic carbocycles. The first-order valence-electron chi connectivity index (χ1n) is 12.9. The lowest BCUT2D eigenvalue weighted by molar-refractivity contribution is -0.168. The molecule has 0 fully saturated rings. The lowest BCUT2D eigenvalue weighted by Crippen LogP contribution is -2.46. The molecule has 0 bridgehead atoms. The molecule has 3 unspecified atom stereocenters. The maximum Gasteiger partial charge on any atom is 0.336 e. The molecule has 0 saturated heterocycles. The van der Waals surface area contributed by atoms with Crippen LogP contribution in [0.3, 0.4) is 0 Å². The molecule has 3 atom stereocenters. The molecular weight excluding hydrogens is 529 g/mol. The first-order chi connectivity index (χ1) is 17.0. The lowest BCUT2D eigenvalue weighted by Gasteiger charge is -2.29. The molecule has 0 heterocycles. The van der Waals surface area contributed by atoms with E-state index in [0.717, 1.165) is 6.42 Å². The second-order valence-electron chi connectivity index (χ2n) is 10.1. The first-order valence-corrected chi connectivity index (χ1v) is 17.1. The van der Waals surface area contributed by atoms with Crippen LogP contribution >= 0.6 is 33.3 Å². The van der Waals surface area contributed by atoms with Gasteiger partial charge in [-0.15, -0.1) is 0 Å². The van der Waals surface area contributed by atoms with Gasteiger partial charge in [0, 0.05) is 31.7 Å². The molecule has 0 aliphatic rings. The van der Waals surface area contributed by atoms with Crippen molar-refractivity contribution in [3.63, 3.8) is 0 Å². The molecule has 0 N–H and O–H groups in total. The average Bonchev–Trinajstić information content (AvgIpc) is 2.85. The van der Waals surface area contributed by atoms with Crippen molar-refractivity contribution in [1.29, 1.82) is 0 Å². The quantitative estimate of drug-likeness (QED) is 0.146. The normalized spacial score (nSPS) is 13.9. The fourth-order valence-electron chi connectivity index (χ4n) is 2.70. The summed E-state index contributed by atoms with van der Waals surface area (Å²) in [5.41, 5.74) is 0.00536. The van der Waals surface area contributed by atoms with Crippen molar-refractivity contribution in [2.24, 2.45) is 5.41 Å². The van der Waals surface area contributed by atoms with Crippen LogP contribution in [-0.2, 0) is 23.9 Å². The number of carbonyl (C=O) groups is 4. The fourth-order valence-corrected chi connectivity index (χ4v) is 5.22. The molecule has 0 saturated carbocycles. The zero-order valence-electron chi connectivity index (χ0n) is 25.9. The van der Waals surface area contributed by atoms with Gasteiger partial charge in [0.15, 0.2) is 0 Å². The Labute approximate surface area is 239 Å². The number of carbonyl (C=O) groups excluding carboxylic acids is 4. The zero-order valence-corrected chi connectivity index (χ0v) is 28.3. The highest BCUT2D eigenvalue weighted by Crippen LogP contribution is 2.40. The van der Waals surface area contributed by atoms with Crippen molar-refractivity contribution >= 4 is 57.1 Å². The minimum absolute atomic E-state index is 0.00536. The van der Waals surface area contributed by atoms with E-state index in [0.29, 0.717) is 25.7 Å². The Balaban J connectivity index is -0.00000214. The molecular formula is C27H54N2O5S3. The number of ether oxygens (including phenoxy) is 1. The molecule has 0 aromatic rings. The van der Waals surface area contributed by atoms with Gasteiger partial charge in [0.25, 0.3) is 0 Å². The molecule has 0 radical (unpaired) electrons. The Hall–Kier alpha value is -0.870. The summed E-state index contributed by atoms with van der Waals surface area (Å²) in [6, 6.07) is -1.80. The number of hydrogen-bond donors (Lipinski definition) is 0. The third-order valence-electron chi connectivity index (χ3n) is 5.82. The van der Waals surface area contributed by atoms with Crippen molar-refractivity contribution in [1.82, 2.24) is 9.80 Å². The van der Waals surface area contributed by atoms with E-state index in [1.807, 2.05) is 53.4 Å². The minimum atomic E-state index is -0.901. The van der Waals surface area contributed by atoms with E-state index >= 15 is 0 Å². The van der Waals surface area contributed by atoms with Gasteiger partial charge in [-0.2, -0.15) is 11.8 Å². The van der Waals surface area contributed by atoms with Gasteiger partial charge in [0.05, 0.1) is 0 Å². The summed E-state index contributed by atoms with van der Waals surface area (Å²) in [5, 5.41) is 0. The SMILES string of the molecule is CC.CCC(C)(CCC(=O)N(C)C(C)C(=O)OC(=O)C(C)N(C)C(=O)CCC(C)(C)C)SSC.CSC. The number of hydrogen-bond acceptors (Lipinski definition) is 8. The standard InChI is InChI=1S/C23H42N2O5S2.C2H6S.C2H6/c1-11-23(7,32-31-10)15-13-19(27)25(9)17(3)21(29)30-20(28)16(2)24(8)18(26)12-14-22(4,5)6;1-3-2;1-2/h16-17H,11-15H2,1-10H3;1-2H3;1-2H3. The van der Waals surface area contributed by atoms with Gasteiger partial charge < -0.3 is 14.5 Å². The van der Waals surface area contributed by atoms with E-state index < -0.39 is 24.0 Å². The van der Waals surface area contributed by atoms with Crippen LogP contribution in [0.5, 0.6) is 0 Å². The van der Waals surface area contributed by atoms with Crippen molar-refractivity contribution in [3.8, 4) is 0 Å². The van der Waals surface area contributed by atoms with Crippen LogP contribution in [0, 0.1) is 5.41 Å². The Morgan fingerprint density at radius 3 is 1.43 bits per heavy atom. The molecule has 0 spiro atoms. The summed E-state index contributed by atoms with van der Waals surface area (Å²) in [5.74, 6) is -1.96. The van der Waals surface area contributed by atoms with Gasteiger partial charge >= 0.3 is 11.9 Å². The van der Waals surface area contributed by atoms with Crippen molar-refractivity contribution < 1.29 is 23.9 Å². The largest absolute Gasteiger partial charge is 0.390 e. The van der Waals surface area contributed by atoms with Gasteiger partial charge in [-0.25, -0.2) is 9.59 Å². The molecule has 7 nitrogen and oxygen atoms in total. The number of amides is 2. The van der Waals surface area contributed by atoms with E-state index in [2.05, 4.69) is 13.8 Å². The van der Waals surface area contributed by atoms with Gasteiger partial charge in [0.1, 0.15) is 12.1 Å². The zero-order chi connectivity index (χ0) is 30.0. The van der Waals surface area contributed by atoms with Crippen LogP contribution < -0.4 is 0 Å². The highest BCUT2D eigenvalue weighted by molar-refractivity contribution is 8.76. The first kappa shape index (κ1) is 40.6. The molecule has 0 aromatic heterocycles. The van der Waals surface area contributed by atoms with Gasteiger partial charge in [-0.1, -0.05) is 63.1 Å². The fraction of sp³-hybridized carbons (Fsp3) is 0.852. The number of rotatable bonds is 12. The average molecular weight is 583 g/mol. The Bertz CT molecular complexity index is 685. The molecule has 37 heavy (non-hydrogen) atoms. The predicted octanol–water partition coefficient (Wildman–Crippen LogP) is 6.54. The molecule has 10 heteroatoms. The highest BCUT2D eigenvalue weighted by Gasteiger charge is 2.31. The van der Waals surface area contributed by atoms with Crippen LogP contribution in [0.1, 0.15) is 94.4 Å². The van der Waals surface area contributed by atoms with Crippen molar-refractivity contribution in [2.45, 2.75) is 111 Å². The Morgan fingerprint density at radius 1 is 0.784 bits per heavy atom. The number of thioether (sulfide) groups is 1. The molecule has 2 amide bonds. The smallest absolute Gasteiger partial charge is 0.336 e. The molecule has 0 aromatic carbocycles. The molecule has 0 rings (SSSR count). The topological polar surface area (TPSA) is 84.0 Å². The van der Waals surface area contributed by atoms with Gasteiger partial charge in [-0.3, -0.25) is 9.59 Å². The second kappa shape index (κ2) is 21.0. The highest BCUT2D eigenvalue weighted by atomic mass is 33.1. The van der Waals surface area contributed by atoms with E-state index in [-0.39, 0.29) is 22.0 Å². The Morgan fingerprint density at radius 2 is 1.14 bits per heavy atom. The van der Waals surface area contributed by atoms with E-state index in [9.17, 15) is 19.2 Å². The van der Waals surface area contributed by atoms with E-state index in [1.165, 1.54) is 37.7 Å². The van der Waals surface area contributed by atoms with Crippen LogP contribution in [-0.4, -0.2) is 83.2 Å². The van der Waals surface area contributed by atoms with Crippen LogP contribution in [0.2, 0.25) is 0 Å². The number of esters is 2. The lowest BCUT2D eigenvalue weighted by atomic mass is 9.90. The van der Waals surface area contributed by atoms with Crippen LogP contribution in [0.4, 0.5) is 0 Å². The maximum absolute atomic E-state index is 12.6. The Kier molecular flexibility index (Phi) is 23.1. The number of likely N-dealkylation sites (N-methyl/N-ethyl adjacent to an activating group) is 2. The van der Waals surface area contributed by atoms with Crippen LogP contribution in [0.25, 0.3) is 0 Å². The summed E-state index contributed by atoms with van der Waals surface area (Å²) >= 11 is 1.75. The monoisotopic (exact) mass is 582 g/mol. The third kappa shape index (κ3) is 18.1. The predicted molar refractivity (Wildman–Crippen MR) is 164 cm³/mol. The summed E-state index contributed by atoms with van der Waals surface area (Å²) in [4.78, 5) is 52.4. The van der Waals surface area contributed by atoms with Gasteiger partial charge in [0.2, 0.25) is 11.8 Å².